The van der Waals surface area contributed by atoms with Crippen molar-refractivity contribution in [1.29, 1.82) is 0 Å². The molecule has 0 spiro atoms. The van der Waals surface area contributed by atoms with Gasteiger partial charge in [0, 0.05) is 10.8 Å². The molecule has 136 valence electrons. The quantitative estimate of drug-likeness (QED) is 0.113. The lowest BCUT2D eigenvalue weighted by molar-refractivity contribution is -0.134. The summed E-state index contributed by atoms with van der Waals surface area (Å²) < 4.78 is 12.5. The van der Waals surface area contributed by atoms with Crippen LogP contribution in [0, 0.1) is 0 Å². The Kier molecular flexibility index (Phi) is 5.69. The Morgan fingerprint density at radius 3 is 2.07 bits per heavy atom. The number of hydrogen-bond donors (Lipinski definition) is 0. The number of carbonyl (C=O) groups is 1. The van der Waals surface area contributed by atoms with Crippen LogP contribution < -0.4 is 9.47 Å². The van der Waals surface area contributed by atoms with E-state index in [1.807, 2.05) is 60.7 Å². The Hall–Kier alpha value is -1.99. The van der Waals surface area contributed by atoms with Crippen LogP contribution in [0.3, 0.4) is 0 Å². The number of rotatable bonds is 5. The summed E-state index contributed by atoms with van der Waals surface area (Å²) in [6, 6.07) is 24.2. The molecule has 5 heteroatoms. The molecule has 0 N–H and O–H groups in total. The number of hydrogen-bond acceptors (Lipinski definition) is 3. The van der Waals surface area contributed by atoms with Crippen molar-refractivity contribution in [3.63, 3.8) is 0 Å². The van der Waals surface area contributed by atoms with Gasteiger partial charge in [0.15, 0.2) is 16.4 Å². The van der Waals surface area contributed by atoms with Crippen molar-refractivity contribution in [3.05, 3.63) is 72.8 Å². The summed E-state index contributed by atoms with van der Waals surface area (Å²) in [7, 11) is -0.250. The fourth-order valence-corrected chi connectivity index (χ4v) is 5.52. The number of para-hydroxylation sites is 2. The molecule has 3 nitrogen and oxygen atoms in total. The molecule has 3 aromatic carbocycles. The number of fused-ring (bicyclic) bond motifs is 2. The molecule has 0 fully saturated rings. The van der Waals surface area contributed by atoms with Gasteiger partial charge in [-0.3, -0.25) is 4.79 Å². The van der Waals surface area contributed by atoms with E-state index in [0.717, 1.165) is 22.3 Å². The first kappa shape index (κ1) is 18.4. The van der Waals surface area contributed by atoms with E-state index in [9.17, 15) is 4.79 Å². The fourth-order valence-electron chi connectivity index (χ4n) is 2.93. The minimum Gasteiger partial charge on any atom is -0.447 e. The summed E-state index contributed by atoms with van der Waals surface area (Å²) >= 11 is 2.26. The first-order valence-electron chi connectivity index (χ1n) is 8.73. The van der Waals surface area contributed by atoms with Crippen LogP contribution in [0.2, 0.25) is 0 Å². The highest BCUT2D eigenvalue weighted by Gasteiger charge is 2.38. The lowest BCUT2D eigenvalue weighted by atomic mass is 10.3. The summed E-state index contributed by atoms with van der Waals surface area (Å²) in [6.07, 6.45) is 1.29. The van der Waals surface area contributed by atoms with E-state index in [4.69, 9.17) is 9.47 Å². The Balaban J connectivity index is 1.64. The average molecular weight is 489 g/mol. The summed E-state index contributed by atoms with van der Waals surface area (Å²) in [5.74, 6) is 2.21. The molecule has 4 rings (SSSR count). The highest BCUT2D eigenvalue weighted by molar-refractivity contribution is 14.1. The van der Waals surface area contributed by atoms with Crippen LogP contribution >= 0.6 is 22.6 Å². The molecule has 0 unspecified atom stereocenters. The van der Waals surface area contributed by atoms with Gasteiger partial charge in [0.2, 0.25) is 9.79 Å². The van der Waals surface area contributed by atoms with E-state index < -0.39 is 0 Å². The molecule has 0 saturated carbocycles. The summed E-state index contributed by atoms with van der Waals surface area (Å²) in [5, 5.41) is 0. The van der Waals surface area contributed by atoms with Crippen molar-refractivity contribution in [1.82, 2.24) is 0 Å². The van der Waals surface area contributed by atoms with Gasteiger partial charge in [-0.15, -0.1) is 0 Å². The van der Waals surface area contributed by atoms with Crippen LogP contribution in [0.5, 0.6) is 17.2 Å². The first-order valence-corrected chi connectivity index (χ1v) is 11.5. The summed E-state index contributed by atoms with van der Waals surface area (Å²) in [5.41, 5.74) is 0. The van der Waals surface area contributed by atoms with E-state index >= 15 is 0 Å². The zero-order valence-electron chi connectivity index (χ0n) is 14.6. The summed E-state index contributed by atoms with van der Waals surface area (Å²) in [6.45, 7) is 0. The number of alkyl halides is 1. The molecule has 0 radical (unpaired) electrons. The van der Waals surface area contributed by atoms with Crippen molar-refractivity contribution in [3.8, 4) is 17.2 Å². The Labute approximate surface area is 175 Å². The third-order valence-corrected chi connectivity index (χ3v) is 7.22. The number of halogens is 1. The van der Waals surface area contributed by atoms with Crippen LogP contribution in [0.25, 0.3) is 0 Å². The number of ether oxygens (including phenoxy) is 2. The van der Waals surface area contributed by atoms with Crippen molar-refractivity contribution in [2.75, 3.05) is 4.43 Å². The average Bonchev–Trinajstić information content (AvgIpc) is 2.71. The molecule has 1 heterocycles. The number of esters is 1. The normalized spacial score (nSPS) is 12.6. The van der Waals surface area contributed by atoms with Gasteiger partial charge in [-0.05, 0) is 55.0 Å². The molecule has 1 aliphatic rings. The van der Waals surface area contributed by atoms with Crippen LogP contribution in [0.4, 0.5) is 0 Å². The van der Waals surface area contributed by atoms with Crippen LogP contribution in [0.15, 0.2) is 87.5 Å². The van der Waals surface area contributed by atoms with Gasteiger partial charge in [-0.2, -0.15) is 0 Å². The molecule has 0 aliphatic carbocycles. The van der Waals surface area contributed by atoms with Crippen LogP contribution in [-0.2, 0) is 15.7 Å². The zero-order chi connectivity index (χ0) is 18.6. The topological polar surface area (TPSA) is 35.5 Å². The van der Waals surface area contributed by atoms with E-state index in [0.29, 0.717) is 12.2 Å². The molecule has 27 heavy (non-hydrogen) atoms. The highest BCUT2D eigenvalue weighted by atomic mass is 127. The first-order chi connectivity index (χ1) is 13.3. The monoisotopic (exact) mass is 489 g/mol. The molecular weight excluding hydrogens is 471 g/mol. The Morgan fingerprint density at radius 1 is 0.889 bits per heavy atom. The lowest BCUT2D eigenvalue weighted by Crippen LogP contribution is -2.12. The maximum absolute atomic E-state index is 11.8. The minimum absolute atomic E-state index is 0.177. The van der Waals surface area contributed by atoms with Gasteiger partial charge in [-0.1, -0.05) is 46.9 Å². The lowest BCUT2D eigenvalue weighted by Gasteiger charge is -2.19. The second-order valence-electron chi connectivity index (χ2n) is 6.04. The predicted molar refractivity (Wildman–Crippen MR) is 115 cm³/mol. The molecular formula is C22H18IO3S+. The molecule has 0 atom stereocenters. The van der Waals surface area contributed by atoms with Crippen molar-refractivity contribution in [2.24, 2.45) is 0 Å². The number of benzene rings is 3. The molecule has 1 aliphatic heterocycles. The van der Waals surface area contributed by atoms with Crippen molar-refractivity contribution in [2.45, 2.75) is 27.5 Å². The zero-order valence-corrected chi connectivity index (χ0v) is 17.5. The van der Waals surface area contributed by atoms with Gasteiger partial charge in [0.1, 0.15) is 16.6 Å². The molecule has 0 saturated heterocycles. The SMILES string of the molecule is O=C(CCCI)Oc1ccc([S+]2c3ccccc3Oc3ccccc32)cc1. The van der Waals surface area contributed by atoms with Gasteiger partial charge < -0.3 is 9.47 Å². The van der Waals surface area contributed by atoms with E-state index in [2.05, 4.69) is 34.7 Å². The summed E-state index contributed by atoms with van der Waals surface area (Å²) in [4.78, 5) is 15.4. The maximum atomic E-state index is 11.8. The number of carbonyl (C=O) groups excluding carboxylic acids is 1. The molecule has 0 aromatic heterocycles. The van der Waals surface area contributed by atoms with Gasteiger partial charge in [0.05, 0.1) is 0 Å². The molecule has 3 aromatic rings. The predicted octanol–water partition coefficient (Wildman–Crippen LogP) is 6.01. The third-order valence-electron chi connectivity index (χ3n) is 4.16. The smallest absolute Gasteiger partial charge is 0.311 e. The highest BCUT2D eigenvalue weighted by Crippen LogP contribution is 2.46. The van der Waals surface area contributed by atoms with Crippen molar-refractivity contribution < 1.29 is 14.3 Å². The van der Waals surface area contributed by atoms with Gasteiger partial charge in [-0.25, -0.2) is 0 Å². The van der Waals surface area contributed by atoms with Crippen molar-refractivity contribution >= 4 is 39.5 Å². The fraction of sp³-hybridized carbons (Fsp3) is 0.136. The van der Waals surface area contributed by atoms with Crippen LogP contribution in [-0.4, -0.2) is 10.4 Å². The second-order valence-corrected chi connectivity index (χ2v) is 9.08. The Morgan fingerprint density at radius 2 is 1.48 bits per heavy atom. The van der Waals surface area contributed by atoms with E-state index in [1.165, 1.54) is 14.7 Å². The second kappa shape index (κ2) is 8.35. The largest absolute Gasteiger partial charge is 0.447 e. The Bertz CT molecular complexity index is 910. The third kappa shape index (κ3) is 3.99. The molecule has 0 amide bonds. The van der Waals surface area contributed by atoms with Gasteiger partial charge in [0.25, 0.3) is 0 Å². The molecule has 0 bridgehead atoms. The van der Waals surface area contributed by atoms with Gasteiger partial charge >= 0.3 is 5.97 Å². The van der Waals surface area contributed by atoms with E-state index in [1.54, 1.807) is 0 Å². The minimum atomic E-state index is -0.250. The van der Waals surface area contributed by atoms with E-state index in [-0.39, 0.29) is 16.9 Å². The van der Waals surface area contributed by atoms with Crippen LogP contribution in [0.1, 0.15) is 12.8 Å². The maximum Gasteiger partial charge on any atom is 0.311 e. The standard InChI is InChI=1S/C22H18IO3S/c23-15-5-10-22(24)25-16-11-13-17(14-12-16)27-20-8-3-1-6-18(20)26-19-7-2-4-9-21(19)27/h1-4,6-9,11-14H,5,10,15H2/q+1.